The lowest BCUT2D eigenvalue weighted by Crippen LogP contribution is -2.61. The van der Waals surface area contributed by atoms with E-state index in [-0.39, 0.29) is 28.3 Å². The highest BCUT2D eigenvalue weighted by Crippen LogP contribution is 2.49. The largest absolute Gasteiger partial charge is 0.414 e. The first-order valence-electron chi connectivity index (χ1n) is 19.0. The van der Waals surface area contributed by atoms with E-state index in [1.54, 1.807) is 0 Å². The van der Waals surface area contributed by atoms with Crippen LogP contribution in [-0.2, 0) is 28.4 Å². The highest BCUT2D eigenvalue weighted by Gasteiger charge is 2.61. The topological polar surface area (TPSA) is 46.2 Å². The van der Waals surface area contributed by atoms with E-state index in [2.05, 4.69) is 174 Å². The molecule has 1 saturated heterocycles. The Morgan fingerprint density at radius 2 is 0.923 bits per heavy atom. The third kappa shape index (κ3) is 8.83. The third-order valence-electron chi connectivity index (χ3n) is 12.5. The number of benzene rings is 3. The summed E-state index contributed by atoms with van der Waals surface area (Å²) in [5.41, 5.74) is 1.01. The van der Waals surface area contributed by atoms with E-state index in [9.17, 15) is 0 Å². The molecular weight excluding hydrogens is 692 g/mol. The van der Waals surface area contributed by atoms with Crippen LogP contribution >= 0.6 is 0 Å². The van der Waals surface area contributed by atoms with Gasteiger partial charge in [0.2, 0.25) is 0 Å². The van der Waals surface area contributed by atoms with Gasteiger partial charge >= 0.3 is 0 Å². The fourth-order valence-electron chi connectivity index (χ4n) is 5.98. The maximum Gasteiger partial charge on any atom is 0.192 e. The van der Waals surface area contributed by atoms with Crippen molar-refractivity contribution in [3.05, 3.63) is 108 Å². The third-order valence-corrected chi connectivity index (χ3v) is 25.9. The molecule has 9 heteroatoms. The minimum Gasteiger partial charge on any atom is -0.414 e. The van der Waals surface area contributed by atoms with Crippen LogP contribution in [0, 0.1) is 0 Å². The summed E-state index contributed by atoms with van der Waals surface area (Å²) in [6.45, 7) is 34.5. The van der Waals surface area contributed by atoms with Crippen molar-refractivity contribution < 1.29 is 22.8 Å². The normalized spacial score (nSPS) is 22.5. The summed E-state index contributed by atoms with van der Waals surface area (Å²) < 4.78 is 36.7. The second-order valence-electron chi connectivity index (χ2n) is 19.4. The van der Waals surface area contributed by atoms with Gasteiger partial charge in [0, 0.05) is 6.00 Å². The summed E-state index contributed by atoms with van der Waals surface area (Å²) in [5.74, 6) is 0. The molecule has 2 radical (unpaired) electrons. The van der Waals surface area contributed by atoms with Crippen LogP contribution < -0.4 is 0 Å². The molecule has 0 amide bonds. The van der Waals surface area contributed by atoms with Crippen LogP contribution in [0.5, 0.6) is 0 Å². The van der Waals surface area contributed by atoms with E-state index in [4.69, 9.17) is 30.6 Å². The highest BCUT2D eigenvalue weighted by atomic mass is 28.4. The minimum absolute atomic E-state index is 0.0233. The number of hydrogen-bond acceptors (Lipinski definition) is 5. The summed E-state index contributed by atoms with van der Waals surface area (Å²) in [5, 5.41) is -0.142. The van der Waals surface area contributed by atoms with Crippen LogP contribution in [-0.4, -0.2) is 69.8 Å². The van der Waals surface area contributed by atoms with E-state index in [0.29, 0.717) is 0 Å². The molecular formula is C43H67BO5Si3. The van der Waals surface area contributed by atoms with Crippen LogP contribution in [0.3, 0.4) is 0 Å². The molecule has 0 aliphatic carbocycles. The van der Waals surface area contributed by atoms with Gasteiger partial charge in [0.15, 0.2) is 25.0 Å². The molecule has 0 saturated carbocycles. The van der Waals surface area contributed by atoms with Gasteiger partial charge in [0.25, 0.3) is 0 Å². The molecule has 1 aliphatic rings. The number of hydrogen-bond donors (Lipinski definition) is 0. The molecule has 0 aromatic heterocycles. The average Bonchev–Trinajstić information content (AvgIpc) is 3.29. The summed E-state index contributed by atoms with van der Waals surface area (Å²) in [7, 11) is 0.0759. The molecule has 0 bridgehead atoms. The van der Waals surface area contributed by atoms with Crippen molar-refractivity contribution in [3.8, 4) is 0 Å². The first-order valence-corrected chi connectivity index (χ1v) is 27.8. The highest BCUT2D eigenvalue weighted by molar-refractivity contribution is 6.75. The quantitative estimate of drug-likeness (QED) is 0.128. The van der Waals surface area contributed by atoms with Gasteiger partial charge in [-0.05, 0) is 71.1 Å². The van der Waals surface area contributed by atoms with E-state index in [0.717, 1.165) is 16.7 Å². The molecule has 0 unspecified atom stereocenters. The van der Waals surface area contributed by atoms with Crippen LogP contribution in [0.15, 0.2) is 91.0 Å². The first-order chi connectivity index (χ1) is 23.8. The predicted molar refractivity (Wildman–Crippen MR) is 226 cm³/mol. The van der Waals surface area contributed by atoms with Gasteiger partial charge in [-0.2, -0.15) is 0 Å². The first kappa shape index (κ1) is 42.9. The SMILES string of the molecule is [B][C@@H]1O[C@](COC(c2ccccc2)(c2ccccc2)c2ccccc2)(CO[Si](C)(C)C(C)(C)C)[C@@H](O[Si](C)(C)C(C)(C)C)[C@H]1O[Si](C)(C)C(C)(C)C. The molecule has 4 rings (SSSR count). The summed E-state index contributed by atoms with van der Waals surface area (Å²) in [6, 6.07) is 30.7. The fourth-order valence-corrected chi connectivity index (χ4v) is 9.65. The zero-order valence-electron chi connectivity index (χ0n) is 34.9. The fraction of sp³-hybridized carbons (Fsp3) is 0.581. The van der Waals surface area contributed by atoms with E-state index in [1.165, 1.54) is 0 Å². The van der Waals surface area contributed by atoms with Gasteiger partial charge in [0.05, 0.1) is 19.3 Å². The van der Waals surface area contributed by atoms with Crippen molar-refractivity contribution in [2.75, 3.05) is 13.2 Å². The zero-order chi connectivity index (χ0) is 39.0. The second-order valence-corrected chi connectivity index (χ2v) is 33.7. The molecule has 3 aromatic carbocycles. The molecule has 284 valence electrons. The zero-order valence-corrected chi connectivity index (χ0v) is 37.9. The molecule has 0 N–H and O–H groups in total. The van der Waals surface area contributed by atoms with Gasteiger partial charge in [-0.25, -0.2) is 0 Å². The van der Waals surface area contributed by atoms with Crippen LogP contribution in [0.1, 0.15) is 79.0 Å². The minimum atomic E-state index is -2.43. The van der Waals surface area contributed by atoms with E-state index in [1.807, 2.05) is 18.2 Å². The van der Waals surface area contributed by atoms with Gasteiger partial charge in [-0.15, -0.1) is 0 Å². The smallest absolute Gasteiger partial charge is 0.192 e. The van der Waals surface area contributed by atoms with Crippen molar-refractivity contribution in [2.24, 2.45) is 0 Å². The van der Waals surface area contributed by atoms with Crippen molar-refractivity contribution >= 4 is 32.8 Å². The maximum atomic E-state index is 7.60. The molecule has 52 heavy (non-hydrogen) atoms. The van der Waals surface area contributed by atoms with Gasteiger partial charge < -0.3 is 22.8 Å². The van der Waals surface area contributed by atoms with Crippen molar-refractivity contribution in [3.63, 3.8) is 0 Å². The van der Waals surface area contributed by atoms with Crippen molar-refractivity contribution in [2.45, 2.75) is 146 Å². The Morgan fingerprint density at radius 1 is 0.558 bits per heavy atom. The van der Waals surface area contributed by atoms with Crippen molar-refractivity contribution in [1.82, 2.24) is 0 Å². The standard InChI is InChI=1S/C43H67BO5Si3/c1-39(2,3)50(10,11)46-32-42(37(49-52(14,15)41(7,8)9)36(38(44)47-42)48-51(12,13)40(4,5)6)31-45-43(33-25-19-16-20-26-33,34-27-21-17-22-28-34)35-29-23-18-24-30-35/h16-30,36-38H,31-32H2,1-15H3/t36-,37+,38-,42-/m1/s1. The van der Waals surface area contributed by atoms with Gasteiger partial charge in [-0.1, -0.05) is 153 Å². The van der Waals surface area contributed by atoms with E-state index >= 15 is 0 Å². The van der Waals surface area contributed by atoms with E-state index < -0.39 is 54.4 Å². The van der Waals surface area contributed by atoms with Crippen LogP contribution in [0.2, 0.25) is 54.4 Å². The Balaban J connectivity index is 1.98. The Kier molecular flexibility index (Phi) is 12.7. The predicted octanol–water partition coefficient (Wildman–Crippen LogP) is 11.1. The molecule has 1 heterocycles. The lowest BCUT2D eigenvalue weighted by molar-refractivity contribution is -0.154. The summed E-state index contributed by atoms with van der Waals surface area (Å²) in [4.78, 5) is 0. The molecule has 5 nitrogen and oxygen atoms in total. The Bertz CT molecular complexity index is 1480. The number of rotatable bonds is 13. The second kappa shape index (κ2) is 15.4. The van der Waals surface area contributed by atoms with Crippen LogP contribution in [0.4, 0.5) is 0 Å². The lowest BCUT2D eigenvalue weighted by atomic mass is 9.79. The maximum absolute atomic E-state index is 7.60. The molecule has 0 spiro atoms. The Morgan fingerprint density at radius 3 is 1.29 bits per heavy atom. The average molecular weight is 759 g/mol. The van der Waals surface area contributed by atoms with Gasteiger partial charge in [0.1, 0.15) is 25.2 Å². The molecule has 4 atom stereocenters. The number of ether oxygens (including phenoxy) is 2. The van der Waals surface area contributed by atoms with Crippen molar-refractivity contribution in [1.29, 1.82) is 0 Å². The molecule has 1 fully saturated rings. The molecule has 3 aromatic rings. The lowest BCUT2D eigenvalue weighted by Gasteiger charge is -2.48. The monoisotopic (exact) mass is 758 g/mol. The van der Waals surface area contributed by atoms with Gasteiger partial charge in [-0.3, -0.25) is 0 Å². The summed E-state index contributed by atoms with van der Waals surface area (Å²) >= 11 is 0. The Labute approximate surface area is 321 Å². The van der Waals surface area contributed by atoms with Crippen LogP contribution in [0.25, 0.3) is 0 Å². The molecule has 1 aliphatic heterocycles. The summed E-state index contributed by atoms with van der Waals surface area (Å²) in [6.07, 6.45) is -1.05. The Hall–Kier alpha value is -1.82.